The van der Waals surface area contributed by atoms with E-state index in [1.54, 1.807) is 18.2 Å². The first-order valence-corrected chi connectivity index (χ1v) is 5.39. The van der Waals surface area contributed by atoms with Crippen molar-refractivity contribution in [3.8, 4) is 5.75 Å². The van der Waals surface area contributed by atoms with Crippen LogP contribution < -0.4 is 4.84 Å². The molecule has 0 fully saturated rings. The van der Waals surface area contributed by atoms with Crippen LogP contribution in [0.4, 0.5) is 0 Å². The van der Waals surface area contributed by atoms with Crippen LogP contribution in [0.15, 0.2) is 54.6 Å². The van der Waals surface area contributed by atoms with Crippen LogP contribution in [0.3, 0.4) is 0 Å². The number of hydrogen-bond donors (Lipinski definition) is 2. The highest BCUT2D eigenvalue weighted by molar-refractivity contribution is 6.13. The lowest BCUT2D eigenvalue weighted by Gasteiger charge is -2.15. The number of halogens is 1. The van der Waals surface area contributed by atoms with Crippen molar-refractivity contribution in [2.24, 2.45) is 0 Å². The number of hydrogen-bond acceptors (Lipinski definition) is 2. The third-order valence-electron chi connectivity index (χ3n) is 2.45. The molecule has 0 radical (unpaired) electrons. The molecule has 0 heterocycles. The molecular formula is C13H12ClNO. The lowest BCUT2D eigenvalue weighted by atomic mass is 10.00. The van der Waals surface area contributed by atoms with Crippen molar-refractivity contribution < 1.29 is 5.11 Å². The fourth-order valence-corrected chi connectivity index (χ4v) is 1.92. The molecule has 16 heavy (non-hydrogen) atoms. The van der Waals surface area contributed by atoms with E-state index in [1.807, 2.05) is 36.4 Å². The molecule has 0 aliphatic heterocycles. The Morgan fingerprint density at radius 2 is 1.62 bits per heavy atom. The Kier molecular flexibility index (Phi) is 3.44. The highest BCUT2D eigenvalue weighted by Gasteiger charge is 2.12. The molecule has 2 nitrogen and oxygen atoms in total. The molecule has 0 aliphatic carbocycles. The molecule has 0 saturated carbocycles. The van der Waals surface area contributed by atoms with Gasteiger partial charge in [-0.25, -0.2) is 4.84 Å². The Balaban J connectivity index is 2.37. The zero-order valence-corrected chi connectivity index (χ0v) is 9.35. The topological polar surface area (TPSA) is 32.3 Å². The smallest absolute Gasteiger partial charge is 0.115 e. The molecule has 0 aromatic heterocycles. The fourth-order valence-electron chi connectivity index (χ4n) is 1.67. The second kappa shape index (κ2) is 5.01. The van der Waals surface area contributed by atoms with Crippen molar-refractivity contribution >= 4 is 11.8 Å². The largest absolute Gasteiger partial charge is 0.508 e. The van der Waals surface area contributed by atoms with Crippen molar-refractivity contribution in [2.45, 2.75) is 6.04 Å². The van der Waals surface area contributed by atoms with Gasteiger partial charge in [0.15, 0.2) is 0 Å². The van der Waals surface area contributed by atoms with Crippen molar-refractivity contribution in [2.75, 3.05) is 0 Å². The van der Waals surface area contributed by atoms with Gasteiger partial charge in [0.05, 0.1) is 6.04 Å². The number of benzene rings is 2. The second-order valence-electron chi connectivity index (χ2n) is 3.55. The average molecular weight is 234 g/mol. The fraction of sp³-hybridized carbons (Fsp3) is 0.0769. The van der Waals surface area contributed by atoms with Crippen LogP contribution >= 0.6 is 11.8 Å². The molecular weight excluding hydrogens is 222 g/mol. The highest BCUT2D eigenvalue weighted by Crippen LogP contribution is 2.24. The van der Waals surface area contributed by atoms with E-state index in [2.05, 4.69) is 4.84 Å². The minimum absolute atomic E-state index is 0.116. The van der Waals surface area contributed by atoms with Gasteiger partial charge in [0, 0.05) is 0 Å². The van der Waals surface area contributed by atoms with E-state index in [9.17, 15) is 5.11 Å². The quantitative estimate of drug-likeness (QED) is 0.798. The summed E-state index contributed by atoms with van der Waals surface area (Å²) in [5.41, 5.74) is 1.99. The third kappa shape index (κ3) is 2.35. The van der Waals surface area contributed by atoms with Gasteiger partial charge in [0.2, 0.25) is 0 Å². The van der Waals surface area contributed by atoms with E-state index in [-0.39, 0.29) is 11.8 Å². The summed E-state index contributed by atoms with van der Waals surface area (Å²) in [5.74, 6) is 0.241. The highest BCUT2D eigenvalue weighted by atomic mass is 35.5. The minimum atomic E-state index is -0.116. The molecule has 0 spiro atoms. The van der Waals surface area contributed by atoms with E-state index in [4.69, 9.17) is 11.8 Å². The first-order chi connectivity index (χ1) is 7.81. The predicted molar refractivity (Wildman–Crippen MR) is 65.4 cm³/mol. The summed E-state index contributed by atoms with van der Waals surface area (Å²) >= 11 is 5.76. The monoisotopic (exact) mass is 233 g/mol. The van der Waals surface area contributed by atoms with Gasteiger partial charge in [-0.15, -0.1) is 0 Å². The molecule has 0 bridgehead atoms. The summed E-state index contributed by atoms with van der Waals surface area (Å²) < 4.78 is 0. The maximum absolute atomic E-state index is 9.43. The Morgan fingerprint density at radius 3 is 2.25 bits per heavy atom. The van der Waals surface area contributed by atoms with Gasteiger partial charge in [-0.05, 0) is 35.0 Å². The van der Waals surface area contributed by atoms with Crippen molar-refractivity contribution in [1.29, 1.82) is 0 Å². The number of rotatable bonds is 3. The molecule has 2 aromatic carbocycles. The maximum Gasteiger partial charge on any atom is 0.115 e. The molecule has 0 amide bonds. The van der Waals surface area contributed by atoms with Crippen molar-refractivity contribution in [3.63, 3.8) is 0 Å². The van der Waals surface area contributed by atoms with E-state index in [0.29, 0.717) is 0 Å². The van der Waals surface area contributed by atoms with Crippen LogP contribution in [-0.4, -0.2) is 5.11 Å². The van der Waals surface area contributed by atoms with Gasteiger partial charge < -0.3 is 5.11 Å². The van der Waals surface area contributed by atoms with Crippen LogP contribution in [0.5, 0.6) is 5.75 Å². The normalized spacial score (nSPS) is 12.3. The maximum atomic E-state index is 9.43. The molecule has 1 atom stereocenters. The third-order valence-corrected chi connectivity index (χ3v) is 2.66. The Bertz CT molecular complexity index is 458. The molecule has 0 unspecified atom stereocenters. The number of phenolic OH excluding ortho intramolecular Hbond substituents is 1. The van der Waals surface area contributed by atoms with E-state index < -0.39 is 0 Å². The molecule has 0 aliphatic rings. The summed E-state index contributed by atoms with van der Waals surface area (Å²) in [6.45, 7) is 0. The van der Waals surface area contributed by atoms with Crippen LogP contribution in [-0.2, 0) is 0 Å². The van der Waals surface area contributed by atoms with Gasteiger partial charge >= 0.3 is 0 Å². The Labute approximate surface area is 99.6 Å². The molecule has 82 valence electrons. The summed E-state index contributed by atoms with van der Waals surface area (Å²) in [6, 6.07) is 16.8. The lowest BCUT2D eigenvalue weighted by Crippen LogP contribution is -2.12. The minimum Gasteiger partial charge on any atom is -0.508 e. The van der Waals surface area contributed by atoms with Gasteiger partial charge in [-0.1, -0.05) is 42.5 Å². The van der Waals surface area contributed by atoms with Crippen LogP contribution in [0.25, 0.3) is 0 Å². The summed E-state index contributed by atoms with van der Waals surface area (Å²) in [7, 11) is 0. The van der Waals surface area contributed by atoms with E-state index in [0.717, 1.165) is 11.1 Å². The zero-order chi connectivity index (χ0) is 11.4. The van der Waals surface area contributed by atoms with Gasteiger partial charge in [-0.2, -0.15) is 0 Å². The standard InChI is InChI=1S/C13H12ClNO/c14-15-13(10-5-2-1-3-6-10)11-7-4-8-12(16)9-11/h1-9,13,15-16H/t13-/m0/s1. The SMILES string of the molecule is Oc1cccc([C@@H](NCl)c2ccccc2)c1. The molecule has 2 N–H and O–H groups in total. The van der Waals surface area contributed by atoms with E-state index >= 15 is 0 Å². The van der Waals surface area contributed by atoms with Gasteiger partial charge in [-0.3, -0.25) is 0 Å². The zero-order valence-electron chi connectivity index (χ0n) is 8.60. The average Bonchev–Trinajstić information content (AvgIpc) is 2.31. The Morgan fingerprint density at radius 1 is 0.938 bits per heavy atom. The van der Waals surface area contributed by atoms with Crippen molar-refractivity contribution in [1.82, 2.24) is 4.84 Å². The molecule has 0 saturated heterocycles. The van der Waals surface area contributed by atoms with Crippen LogP contribution in [0.1, 0.15) is 17.2 Å². The predicted octanol–water partition coefficient (Wildman–Crippen LogP) is 3.23. The van der Waals surface area contributed by atoms with Gasteiger partial charge in [0.25, 0.3) is 0 Å². The Hall–Kier alpha value is -1.51. The number of aromatic hydroxyl groups is 1. The first-order valence-electron chi connectivity index (χ1n) is 5.01. The summed E-state index contributed by atoms with van der Waals surface area (Å²) in [6.07, 6.45) is 0. The van der Waals surface area contributed by atoms with Crippen LogP contribution in [0.2, 0.25) is 0 Å². The summed E-state index contributed by atoms with van der Waals surface area (Å²) in [4.78, 5) is 2.72. The van der Waals surface area contributed by atoms with Crippen LogP contribution in [0, 0.1) is 0 Å². The van der Waals surface area contributed by atoms with Gasteiger partial charge in [0.1, 0.15) is 5.75 Å². The lowest BCUT2D eigenvalue weighted by molar-refractivity contribution is 0.474. The summed E-state index contributed by atoms with van der Waals surface area (Å²) in [5, 5.41) is 9.43. The molecule has 2 aromatic rings. The van der Waals surface area contributed by atoms with Crippen molar-refractivity contribution in [3.05, 3.63) is 65.7 Å². The molecule has 3 heteroatoms. The number of nitrogens with one attached hydrogen (secondary N) is 1. The second-order valence-corrected chi connectivity index (χ2v) is 3.77. The number of phenols is 1. The van der Waals surface area contributed by atoms with E-state index in [1.165, 1.54) is 0 Å². The molecule has 2 rings (SSSR count). The first kappa shape index (κ1) is 11.0.